The fraction of sp³-hybridized carbons (Fsp3) is 0.579. The molecule has 3 rings (SSSR count). The summed E-state index contributed by atoms with van der Waals surface area (Å²) >= 11 is 0. The van der Waals surface area contributed by atoms with Gasteiger partial charge in [-0.2, -0.15) is 0 Å². The first-order valence-corrected chi connectivity index (χ1v) is 9.55. The van der Waals surface area contributed by atoms with Gasteiger partial charge in [-0.05, 0) is 19.8 Å². The number of rotatable bonds is 5. The van der Waals surface area contributed by atoms with Crippen LogP contribution in [-0.2, 0) is 9.59 Å². The highest BCUT2D eigenvalue weighted by atomic mass is 19.1. The highest BCUT2D eigenvalue weighted by Crippen LogP contribution is 2.27. The first-order chi connectivity index (χ1) is 13.3. The van der Waals surface area contributed by atoms with Crippen LogP contribution in [0.25, 0.3) is 0 Å². The van der Waals surface area contributed by atoms with E-state index in [-0.39, 0.29) is 24.3 Å². The van der Waals surface area contributed by atoms with Crippen molar-refractivity contribution < 1.29 is 18.8 Å². The SMILES string of the molecule is CCC1(CC(C)C(=O)N2CCN(c3cncc(F)c3)[C@@H](C)C2)NC(=O)NC1=O. The van der Waals surface area contributed by atoms with Gasteiger partial charge in [0, 0.05) is 37.7 Å². The van der Waals surface area contributed by atoms with Gasteiger partial charge in [0.1, 0.15) is 11.4 Å². The van der Waals surface area contributed by atoms with Crippen LogP contribution in [0.3, 0.4) is 0 Å². The van der Waals surface area contributed by atoms with Crippen LogP contribution in [0.5, 0.6) is 0 Å². The van der Waals surface area contributed by atoms with E-state index in [0.29, 0.717) is 31.7 Å². The fourth-order valence-corrected chi connectivity index (χ4v) is 4.09. The van der Waals surface area contributed by atoms with E-state index < -0.39 is 23.3 Å². The lowest BCUT2D eigenvalue weighted by atomic mass is 9.85. The number of hydrogen-bond acceptors (Lipinski definition) is 5. The molecule has 152 valence electrons. The van der Waals surface area contributed by atoms with E-state index in [0.717, 1.165) is 6.20 Å². The maximum Gasteiger partial charge on any atom is 0.322 e. The summed E-state index contributed by atoms with van der Waals surface area (Å²) in [6.45, 7) is 7.15. The number of amides is 4. The van der Waals surface area contributed by atoms with Gasteiger partial charge in [-0.3, -0.25) is 19.9 Å². The zero-order chi connectivity index (χ0) is 20.5. The average molecular weight is 391 g/mol. The molecule has 0 spiro atoms. The van der Waals surface area contributed by atoms with Gasteiger partial charge in [-0.15, -0.1) is 0 Å². The Bertz CT molecular complexity index is 789. The summed E-state index contributed by atoms with van der Waals surface area (Å²) in [5.41, 5.74) is -0.338. The molecule has 1 aromatic rings. The van der Waals surface area contributed by atoms with Crippen molar-refractivity contribution in [3.05, 3.63) is 24.3 Å². The van der Waals surface area contributed by atoms with Crippen molar-refractivity contribution in [1.29, 1.82) is 0 Å². The summed E-state index contributed by atoms with van der Waals surface area (Å²) in [7, 11) is 0. The molecule has 1 aromatic heterocycles. The number of imide groups is 1. The largest absolute Gasteiger partial charge is 0.364 e. The van der Waals surface area contributed by atoms with Crippen molar-refractivity contribution in [2.75, 3.05) is 24.5 Å². The zero-order valence-corrected chi connectivity index (χ0v) is 16.4. The van der Waals surface area contributed by atoms with E-state index in [1.54, 1.807) is 18.0 Å². The Morgan fingerprint density at radius 3 is 2.71 bits per heavy atom. The van der Waals surface area contributed by atoms with Crippen LogP contribution < -0.4 is 15.5 Å². The van der Waals surface area contributed by atoms with Crippen LogP contribution >= 0.6 is 0 Å². The number of piperazine rings is 1. The Kier molecular flexibility index (Phi) is 5.53. The van der Waals surface area contributed by atoms with Gasteiger partial charge < -0.3 is 15.1 Å². The molecule has 0 aromatic carbocycles. The number of urea groups is 1. The molecule has 0 radical (unpaired) electrons. The Hall–Kier alpha value is -2.71. The Morgan fingerprint density at radius 1 is 1.39 bits per heavy atom. The number of aromatic nitrogens is 1. The van der Waals surface area contributed by atoms with Crippen molar-refractivity contribution in [2.45, 2.75) is 45.2 Å². The van der Waals surface area contributed by atoms with Crippen molar-refractivity contribution in [3.63, 3.8) is 0 Å². The van der Waals surface area contributed by atoms with Gasteiger partial charge in [0.25, 0.3) is 5.91 Å². The molecule has 9 heteroatoms. The third kappa shape index (κ3) is 3.79. The van der Waals surface area contributed by atoms with Crippen LogP contribution in [0.1, 0.15) is 33.6 Å². The lowest BCUT2D eigenvalue weighted by molar-refractivity contribution is -0.137. The second kappa shape index (κ2) is 7.73. The molecule has 4 amide bonds. The van der Waals surface area contributed by atoms with Gasteiger partial charge in [0.15, 0.2) is 0 Å². The molecule has 2 unspecified atom stereocenters. The van der Waals surface area contributed by atoms with Crippen molar-refractivity contribution in [2.24, 2.45) is 5.92 Å². The lowest BCUT2D eigenvalue weighted by Crippen LogP contribution is -2.56. The van der Waals surface area contributed by atoms with Crippen molar-refractivity contribution in [3.8, 4) is 0 Å². The maximum atomic E-state index is 13.5. The number of pyridine rings is 1. The van der Waals surface area contributed by atoms with Crippen LogP contribution in [0.15, 0.2) is 18.5 Å². The van der Waals surface area contributed by atoms with Gasteiger partial charge in [0.2, 0.25) is 5.91 Å². The fourth-order valence-electron chi connectivity index (χ4n) is 4.09. The molecule has 2 fully saturated rings. The summed E-state index contributed by atoms with van der Waals surface area (Å²) in [6.07, 6.45) is 3.45. The Balaban J connectivity index is 1.64. The highest BCUT2D eigenvalue weighted by molar-refractivity contribution is 6.07. The number of nitrogens with zero attached hydrogens (tertiary/aromatic N) is 3. The molecule has 2 aliphatic heterocycles. The summed E-state index contributed by atoms with van der Waals surface area (Å²) in [4.78, 5) is 44.4. The van der Waals surface area contributed by atoms with E-state index in [1.807, 2.05) is 18.7 Å². The average Bonchev–Trinajstić information content (AvgIpc) is 2.94. The van der Waals surface area contributed by atoms with Gasteiger partial charge >= 0.3 is 6.03 Å². The molecule has 2 aliphatic rings. The highest BCUT2D eigenvalue weighted by Gasteiger charge is 2.46. The Labute approximate surface area is 163 Å². The zero-order valence-electron chi connectivity index (χ0n) is 16.4. The number of hydrogen-bond donors (Lipinski definition) is 2. The molecular weight excluding hydrogens is 365 g/mol. The topological polar surface area (TPSA) is 94.6 Å². The molecule has 2 N–H and O–H groups in total. The third-order valence-corrected chi connectivity index (χ3v) is 5.66. The minimum absolute atomic E-state index is 0.00289. The molecule has 0 aliphatic carbocycles. The molecule has 8 nitrogen and oxygen atoms in total. The molecular formula is C19H26FN5O3. The van der Waals surface area contributed by atoms with Crippen molar-refractivity contribution >= 4 is 23.5 Å². The molecule has 3 heterocycles. The minimum Gasteiger partial charge on any atom is -0.364 e. The monoisotopic (exact) mass is 391 g/mol. The lowest BCUT2D eigenvalue weighted by Gasteiger charge is -2.42. The molecule has 0 saturated carbocycles. The third-order valence-electron chi connectivity index (χ3n) is 5.66. The van der Waals surface area contributed by atoms with E-state index in [9.17, 15) is 18.8 Å². The van der Waals surface area contributed by atoms with Crippen LogP contribution in [0.2, 0.25) is 0 Å². The van der Waals surface area contributed by atoms with Gasteiger partial charge in [0.05, 0.1) is 18.1 Å². The summed E-state index contributed by atoms with van der Waals surface area (Å²) in [5, 5.41) is 4.94. The van der Waals surface area contributed by atoms with Gasteiger partial charge in [-0.1, -0.05) is 13.8 Å². The number of halogens is 1. The summed E-state index contributed by atoms with van der Waals surface area (Å²) in [6, 6.07) is 0.927. The predicted octanol–water partition coefficient (Wildman–Crippen LogP) is 1.27. The van der Waals surface area contributed by atoms with E-state index >= 15 is 0 Å². The van der Waals surface area contributed by atoms with Crippen LogP contribution in [0, 0.1) is 11.7 Å². The van der Waals surface area contributed by atoms with E-state index in [2.05, 4.69) is 15.6 Å². The number of anilines is 1. The smallest absolute Gasteiger partial charge is 0.322 e. The Morgan fingerprint density at radius 2 is 2.14 bits per heavy atom. The van der Waals surface area contributed by atoms with Crippen LogP contribution in [-0.4, -0.2) is 58.9 Å². The van der Waals surface area contributed by atoms with E-state index in [1.165, 1.54) is 6.07 Å². The number of nitrogens with one attached hydrogen (secondary N) is 2. The standard InChI is InChI=1S/C19H26FN5O3/c1-4-19(17(27)22-18(28)23-19)8-12(2)16(26)24-5-6-25(13(3)11-24)15-7-14(20)9-21-10-15/h7,9-10,12-13H,4-6,8,11H2,1-3H3,(H2,22,23,27,28)/t12?,13-,19?/m0/s1. The second-order valence-electron chi connectivity index (χ2n) is 7.64. The second-order valence-corrected chi connectivity index (χ2v) is 7.64. The number of carbonyl (C=O) groups excluding carboxylic acids is 3. The van der Waals surface area contributed by atoms with Gasteiger partial charge in [-0.25, -0.2) is 9.18 Å². The van der Waals surface area contributed by atoms with Crippen LogP contribution in [0.4, 0.5) is 14.9 Å². The quantitative estimate of drug-likeness (QED) is 0.738. The predicted molar refractivity (Wildman–Crippen MR) is 101 cm³/mol. The number of carbonyl (C=O) groups is 3. The molecule has 2 saturated heterocycles. The first-order valence-electron chi connectivity index (χ1n) is 9.55. The molecule has 0 bridgehead atoms. The molecule has 3 atom stereocenters. The van der Waals surface area contributed by atoms with E-state index in [4.69, 9.17) is 0 Å². The summed E-state index contributed by atoms with van der Waals surface area (Å²) in [5.74, 6) is -1.24. The normalized spacial score (nSPS) is 26.1. The minimum atomic E-state index is -1.03. The van der Waals surface area contributed by atoms with Crippen molar-refractivity contribution in [1.82, 2.24) is 20.5 Å². The molecule has 28 heavy (non-hydrogen) atoms. The first kappa shape index (κ1) is 20.0. The maximum absolute atomic E-state index is 13.5. The summed E-state index contributed by atoms with van der Waals surface area (Å²) < 4.78 is 13.5.